The summed E-state index contributed by atoms with van der Waals surface area (Å²) < 4.78 is 0. The van der Waals surface area contributed by atoms with Crippen LogP contribution in [0.25, 0.3) is 0 Å². The van der Waals surface area contributed by atoms with Crippen LogP contribution in [0.5, 0.6) is 0 Å². The summed E-state index contributed by atoms with van der Waals surface area (Å²) in [5, 5.41) is 0.675. The van der Waals surface area contributed by atoms with Crippen molar-refractivity contribution in [2.45, 2.75) is 40.5 Å². The monoisotopic (exact) mass is 326 g/mol. The average molecular weight is 327 g/mol. The van der Waals surface area contributed by atoms with E-state index in [1.807, 2.05) is 18.2 Å². The van der Waals surface area contributed by atoms with Crippen molar-refractivity contribution >= 4 is 34.5 Å². The molecule has 0 radical (unpaired) electrons. The first-order valence-corrected chi connectivity index (χ1v) is 8.44. The summed E-state index contributed by atoms with van der Waals surface area (Å²) >= 11 is 11.3. The second kappa shape index (κ2) is 8.60. The van der Waals surface area contributed by atoms with Crippen molar-refractivity contribution in [3.63, 3.8) is 0 Å². The maximum absolute atomic E-state index is 6.09. The van der Waals surface area contributed by atoms with Crippen LogP contribution in [-0.4, -0.2) is 18.1 Å². The molecule has 0 aliphatic heterocycles. The standard InChI is InChI=1S/C17H27ClN2S/c1-12(2)7-9-20(10-8-13(3)4)16-6-5-14(18)11-15(16)17(19)21/h5-6,11-13H,7-10H2,1-4H3,(H2,19,21). The molecule has 4 heteroatoms. The van der Waals surface area contributed by atoms with E-state index in [4.69, 9.17) is 29.6 Å². The fraction of sp³-hybridized carbons (Fsp3) is 0.588. The predicted molar refractivity (Wildman–Crippen MR) is 98.5 cm³/mol. The Morgan fingerprint density at radius 3 is 2.10 bits per heavy atom. The van der Waals surface area contributed by atoms with Crippen LogP contribution >= 0.6 is 23.8 Å². The quantitative estimate of drug-likeness (QED) is 0.691. The van der Waals surface area contributed by atoms with Crippen molar-refractivity contribution < 1.29 is 0 Å². The Morgan fingerprint density at radius 2 is 1.67 bits per heavy atom. The van der Waals surface area contributed by atoms with E-state index in [1.165, 1.54) is 0 Å². The van der Waals surface area contributed by atoms with Gasteiger partial charge in [0.25, 0.3) is 0 Å². The summed E-state index contributed by atoms with van der Waals surface area (Å²) in [6, 6.07) is 5.82. The molecule has 2 nitrogen and oxygen atoms in total. The molecule has 0 aromatic heterocycles. The van der Waals surface area contributed by atoms with Gasteiger partial charge in [-0.15, -0.1) is 0 Å². The summed E-state index contributed by atoms with van der Waals surface area (Å²) in [7, 11) is 0. The zero-order valence-corrected chi connectivity index (χ0v) is 15.1. The zero-order chi connectivity index (χ0) is 16.0. The number of benzene rings is 1. The van der Waals surface area contributed by atoms with Crippen molar-refractivity contribution in [1.82, 2.24) is 0 Å². The van der Waals surface area contributed by atoms with E-state index in [0.717, 1.165) is 37.2 Å². The number of hydrogen-bond acceptors (Lipinski definition) is 2. The summed E-state index contributed by atoms with van der Waals surface area (Å²) in [6.45, 7) is 11.0. The summed E-state index contributed by atoms with van der Waals surface area (Å²) in [4.78, 5) is 2.80. The molecule has 0 saturated heterocycles. The largest absolute Gasteiger partial charge is 0.389 e. The van der Waals surface area contributed by atoms with E-state index in [2.05, 4.69) is 32.6 Å². The number of halogens is 1. The molecule has 1 aromatic carbocycles. The van der Waals surface area contributed by atoms with Crippen molar-refractivity contribution in [3.8, 4) is 0 Å². The van der Waals surface area contributed by atoms with Gasteiger partial charge in [-0.1, -0.05) is 51.5 Å². The molecular formula is C17H27ClN2S. The van der Waals surface area contributed by atoms with Gasteiger partial charge in [-0.05, 0) is 42.9 Å². The van der Waals surface area contributed by atoms with Crippen LogP contribution in [0.3, 0.4) is 0 Å². The lowest BCUT2D eigenvalue weighted by atomic mass is 10.1. The fourth-order valence-corrected chi connectivity index (χ4v) is 2.50. The molecule has 0 aliphatic rings. The zero-order valence-electron chi connectivity index (χ0n) is 13.5. The van der Waals surface area contributed by atoms with Crippen LogP contribution in [0.2, 0.25) is 5.02 Å². The SMILES string of the molecule is CC(C)CCN(CCC(C)C)c1ccc(Cl)cc1C(N)=S. The van der Waals surface area contributed by atoms with Crippen molar-refractivity contribution in [2.75, 3.05) is 18.0 Å². The normalized spacial score (nSPS) is 11.2. The Morgan fingerprint density at radius 1 is 1.14 bits per heavy atom. The van der Waals surface area contributed by atoms with Gasteiger partial charge in [0.15, 0.2) is 0 Å². The highest BCUT2D eigenvalue weighted by atomic mass is 35.5. The number of nitrogens with two attached hydrogens (primary N) is 1. The molecule has 1 aromatic rings. The molecule has 0 fully saturated rings. The minimum atomic E-state index is 0.409. The van der Waals surface area contributed by atoms with Gasteiger partial charge in [0.2, 0.25) is 0 Å². The topological polar surface area (TPSA) is 29.3 Å². The van der Waals surface area contributed by atoms with Gasteiger partial charge in [0, 0.05) is 29.4 Å². The highest BCUT2D eigenvalue weighted by Gasteiger charge is 2.14. The van der Waals surface area contributed by atoms with Crippen LogP contribution in [-0.2, 0) is 0 Å². The molecule has 118 valence electrons. The lowest BCUT2D eigenvalue weighted by Crippen LogP contribution is -2.29. The third-order valence-electron chi connectivity index (χ3n) is 3.52. The van der Waals surface area contributed by atoms with Gasteiger partial charge < -0.3 is 10.6 Å². The Hall–Kier alpha value is -0.800. The maximum atomic E-state index is 6.09. The van der Waals surface area contributed by atoms with E-state index in [-0.39, 0.29) is 0 Å². The van der Waals surface area contributed by atoms with Crippen molar-refractivity contribution in [1.29, 1.82) is 0 Å². The molecule has 0 aliphatic carbocycles. The van der Waals surface area contributed by atoms with E-state index >= 15 is 0 Å². The number of anilines is 1. The molecule has 0 atom stereocenters. The average Bonchev–Trinajstić information content (AvgIpc) is 2.38. The molecule has 0 bridgehead atoms. The number of hydrogen-bond donors (Lipinski definition) is 1. The van der Waals surface area contributed by atoms with Crippen LogP contribution in [0.1, 0.15) is 46.1 Å². The summed E-state index contributed by atoms with van der Waals surface area (Å²) in [5.74, 6) is 1.35. The molecule has 2 N–H and O–H groups in total. The van der Waals surface area contributed by atoms with Crippen LogP contribution in [0.4, 0.5) is 5.69 Å². The molecule has 0 saturated carbocycles. The highest BCUT2D eigenvalue weighted by Crippen LogP contribution is 2.26. The van der Waals surface area contributed by atoms with Crippen molar-refractivity contribution in [2.24, 2.45) is 17.6 Å². The summed E-state index contributed by atoms with van der Waals surface area (Å²) in [6.07, 6.45) is 2.30. The third kappa shape index (κ3) is 6.23. The van der Waals surface area contributed by atoms with Gasteiger partial charge in [0.05, 0.1) is 0 Å². The maximum Gasteiger partial charge on any atom is 0.106 e. The van der Waals surface area contributed by atoms with Crippen LogP contribution in [0, 0.1) is 11.8 Å². The predicted octanol–water partition coefficient (Wildman–Crippen LogP) is 4.87. The van der Waals surface area contributed by atoms with Crippen molar-refractivity contribution in [3.05, 3.63) is 28.8 Å². The van der Waals surface area contributed by atoms with Gasteiger partial charge in [-0.25, -0.2) is 0 Å². The molecule has 21 heavy (non-hydrogen) atoms. The molecule has 0 unspecified atom stereocenters. The number of rotatable bonds is 8. The highest BCUT2D eigenvalue weighted by molar-refractivity contribution is 7.80. The Balaban J connectivity index is 3.02. The van der Waals surface area contributed by atoms with E-state index < -0.39 is 0 Å². The molecule has 0 heterocycles. The fourth-order valence-electron chi connectivity index (χ4n) is 2.16. The number of nitrogens with zero attached hydrogens (tertiary/aromatic N) is 1. The van der Waals surface area contributed by atoms with Crippen LogP contribution < -0.4 is 10.6 Å². The lowest BCUT2D eigenvalue weighted by Gasteiger charge is -2.28. The Bertz CT molecular complexity index is 460. The first kappa shape index (κ1) is 18.2. The van der Waals surface area contributed by atoms with Gasteiger partial charge in [-0.3, -0.25) is 0 Å². The van der Waals surface area contributed by atoms with E-state index in [1.54, 1.807) is 0 Å². The molecule has 0 spiro atoms. The molecular weight excluding hydrogens is 300 g/mol. The summed E-state index contributed by atoms with van der Waals surface area (Å²) in [5.41, 5.74) is 7.86. The van der Waals surface area contributed by atoms with Gasteiger partial charge in [-0.2, -0.15) is 0 Å². The van der Waals surface area contributed by atoms with E-state index in [0.29, 0.717) is 21.8 Å². The number of thiocarbonyl (C=S) groups is 1. The first-order valence-electron chi connectivity index (χ1n) is 7.65. The van der Waals surface area contributed by atoms with Crippen LogP contribution in [0.15, 0.2) is 18.2 Å². The molecule has 0 amide bonds. The first-order chi connectivity index (χ1) is 9.81. The second-order valence-corrected chi connectivity index (χ2v) is 7.25. The van der Waals surface area contributed by atoms with E-state index in [9.17, 15) is 0 Å². The minimum Gasteiger partial charge on any atom is -0.389 e. The second-order valence-electron chi connectivity index (χ2n) is 6.38. The Labute approximate surface area is 139 Å². The third-order valence-corrected chi connectivity index (χ3v) is 3.97. The molecule has 1 rings (SSSR count). The smallest absolute Gasteiger partial charge is 0.106 e. The lowest BCUT2D eigenvalue weighted by molar-refractivity contribution is 0.535. The minimum absolute atomic E-state index is 0.409. The van der Waals surface area contributed by atoms with Gasteiger partial charge >= 0.3 is 0 Å². The Kier molecular flexibility index (Phi) is 7.47. The van der Waals surface area contributed by atoms with Gasteiger partial charge in [0.1, 0.15) is 4.99 Å².